The Hall–Kier alpha value is -1.22. The molecule has 0 radical (unpaired) electrons. The molecule has 0 aliphatic heterocycles. The molecular formula is C16H28ClNO2. The maximum absolute atomic E-state index is 8.78. The second-order valence-corrected chi connectivity index (χ2v) is 4.65. The number of amides is 1. The maximum Gasteiger partial charge on any atom is 0.402 e. The molecule has 3 nitrogen and oxygen atoms in total. The van der Waals surface area contributed by atoms with Crippen molar-refractivity contribution in [3.05, 3.63) is 34.3 Å². The van der Waals surface area contributed by atoms with Gasteiger partial charge in [-0.05, 0) is 37.0 Å². The maximum atomic E-state index is 8.78. The van der Waals surface area contributed by atoms with Crippen LogP contribution in [0.25, 0.3) is 0 Å². The topological polar surface area (TPSA) is 63.3 Å². The third-order valence-electron chi connectivity index (χ3n) is 2.51. The van der Waals surface area contributed by atoms with Crippen LogP contribution in [-0.4, -0.2) is 11.2 Å². The molecular weight excluding hydrogens is 274 g/mol. The Morgan fingerprint density at radius 2 is 1.80 bits per heavy atom. The fourth-order valence-corrected chi connectivity index (χ4v) is 1.93. The number of nitrogens with two attached hydrogens (primary N) is 1. The van der Waals surface area contributed by atoms with E-state index < -0.39 is 6.09 Å². The number of halogens is 1. The lowest BCUT2D eigenvalue weighted by atomic mass is 10.0. The Morgan fingerprint density at radius 3 is 2.25 bits per heavy atom. The molecule has 4 heteroatoms. The van der Waals surface area contributed by atoms with Crippen LogP contribution in [0.3, 0.4) is 0 Å². The number of hydrogen-bond acceptors (Lipinski definition) is 1. The summed E-state index contributed by atoms with van der Waals surface area (Å²) < 4.78 is 0. The summed E-state index contributed by atoms with van der Waals surface area (Å²) in [5.41, 5.74) is 6.57. The highest BCUT2D eigenvalue weighted by atomic mass is 35.5. The van der Waals surface area contributed by atoms with Crippen LogP contribution in [0.2, 0.25) is 5.02 Å². The van der Waals surface area contributed by atoms with Gasteiger partial charge in [-0.15, -0.1) is 0 Å². The zero-order valence-corrected chi connectivity index (χ0v) is 13.8. The summed E-state index contributed by atoms with van der Waals surface area (Å²) in [7, 11) is 0. The molecule has 1 aromatic carbocycles. The molecule has 0 unspecified atom stereocenters. The lowest BCUT2D eigenvalue weighted by Gasteiger charge is -2.04. The minimum atomic E-state index is -1.33. The molecule has 0 aliphatic carbocycles. The first-order chi connectivity index (χ1) is 9.47. The predicted molar refractivity (Wildman–Crippen MR) is 87.6 cm³/mol. The van der Waals surface area contributed by atoms with Crippen molar-refractivity contribution in [3.63, 3.8) is 0 Å². The largest absolute Gasteiger partial charge is 0.465 e. The van der Waals surface area contributed by atoms with Crippen LogP contribution in [-0.2, 0) is 6.42 Å². The van der Waals surface area contributed by atoms with Gasteiger partial charge in [0.05, 0.1) is 0 Å². The number of carboxylic acid groups (broad SMARTS) is 1. The average molecular weight is 302 g/mol. The van der Waals surface area contributed by atoms with E-state index in [2.05, 4.69) is 37.8 Å². The Labute approximate surface area is 128 Å². The highest BCUT2D eigenvalue weighted by Crippen LogP contribution is 2.19. The van der Waals surface area contributed by atoms with Crippen LogP contribution < -0.4 is 5.73 Å². The Bertz CT molecular complexity index is 363. The summed E-state index contributed by atoms with van der Waals surface area (Å²) in [6.45, 7) is 8.31. The third-order valence-corrected chi connectivity index (χ3v) is 2.86. The summed E-state index contributed by atoms with van der Waals surface area (Å²) >= 11 is 6.14. The van der Waals surface area contributed by atoms with Gasteiger partial charge in [-0.3, -0.25) is 0 Å². The molecule has 0 fully saturated rings. The molecule has 1 aromatic rings. The molecule has 0 saturated carbocycles. The summed E-state index contributed by atoms with van der Waals surface area (Å²) in [6, 6.07) is 6.35. The van der Waals surface area contributed by atoms with E-state index in [9.17, 15) is 0 Å². The molecule has 0 heterocycles. The van der Waals surface area contributed by atoms with Gasteiger partial charge in [-0.2, -0.15) is 0 Å². The number of rotatable bonds is 5. The number of primary amides is 1. The van der Waals surface area contributed by atoms with E-state index >= 15 is 0 Å². The molecule has 0 aromatic heterocycles. The van der Waals surface area contributed by atoms with Crippen LogP contribution in [0.4, 0.5) is 4.79 Å². The van der Waals surface area contributed by atoms with E-state index in [1.165, 1.54) is 36.8 Å². The van der Waals surface area contributed by atoms with Crippen LogP contribution in [0, 0.1) is 6.92 Å². The van der Waals surface area contributed by atoms with Gasteiger partial charge in [0.15, 0.2) is 0 Å². The van der Waals surface area contributed by atoms with Gasteiger partial charge in [0, 0.05) is 5.02 Å². The zero-order valence-electron chi connectivity index (χ0n) is 13.1. The van der Waals surface area contributed by atoms with E-state index in [4.69, 9.17) is 21.5 Å². The highest BCUT2D eigenvalue weighted by Gasteiger charge is 1.99. The predicted octanol–water partition coefficient (Wildman–Crippen LogP) is 5.42. The van der Waals surface area contributed by atoms with Crippen LogP contribution in [0.1, 0.15) is 57.6 Å². The normalized spacial score (nSPS) is 8.85. The van der Waals surface area contributed by atoms with Crippen molar-refractivity contribution in [1.29, 1.82) is 0 Å². The fraction of sp³-hybridized carbons (Fsp3) is 0.562. The van der Waals surface area contributed by atoms with Gasteiger partial charge in [0.2, 0.25) is 0 Å². The van der Waals surface area contributed by atoms with Crippen molar-refractivity contribution in [2.24, 2.45) is 5.73 Å². The standard InChI is InChI=1S/C13H19Cl.C2H6.CH3NO2/c1-3-4-5-6-7-12-9-8-11(2)10-13(12)14;1-2;2-1(3)4/h8-10H,3-7H2,1-2H3;1-2H3;2H2,(H,3,4). The fourth-order valence-electron chi connectivity index (χ4n) is 1.60. The number of benzene rings is 1. The lowest BCUT2D eigenvalue weighted by Crippen LogP contribution is -2.03. The molecule has 1 amide bonds. The van der Waals surface area contributed by atoms with Crippen molar-refractivity contribution < 1.29 is 9.90 Å². The second-order valence-electron chi connectivity index (χ2n) is 4.24. The minimum absolute atomic E-state index is 0.932. The van der Waals surface area contributed by atoms with Crippen molar-refractivity contribution >= 4 is 17.7 Å². The average Bonchev–Trinajstić information content (AvgIpc) is 2.38. The van der Waals surface area contributed by atoms with Gasteiger partial charge < -0.3 is 10.8 Å². The number of carbonyl (C=O) groups is 1. The van der Waals surface area contributed by atoms with Crippen molar-refractivity contribution in [2.75, 3.05) is 0 Å². The Balaban J connectivity index is 0. The first-order valence-electron chi connectivity index (χ1n) is 7.20. The van der Waals surface area contributed by atoms with Gasteiger partial charge in [0.25, 0.3) is 0 Å². The van der Waals surface area contributed by atoms with Crippen LogP contribution >= 0.6 is 11.6 Å². The molecule has 0 atom stereocenters. The first-order valence-corrected chi connectivity index (χ1v) is 7.58. The molecule has 20 heavy (non-hydrogen) atoms. The molecule has 3 N–H and O–H groups in total. The number of hydrogen-bond donors (Lipinski definition) is 2. The first kappa shape index (κ1) is 21.1. The van der Waals surface area contributed by atoms with Crippen LogP contribution in [0.15, 0.2) is 18.2 Å². The molecule has 0 saturated heterocycles. The van der Waals surface area contributed by atoms with Crippen molar-refractivity contribution in [3.8, 4) is 0 Å². The van der Waals surface area contributed by atoms with Crippen LogP contribution in [0.5, 0.6) is 0 Å². The molecule has 0 spiro atoms. The lowest BCUT2D eigenvalue weighted by molar-refractivity contribution is 0.205. The Kier molecular flexibility index (Phi) is 15.0. The summed E-state index contributed by atoms with van der Waals surface area (Å²) in [6.07, 6.45) is 5.00. The van der Waals surface area contributed by atoms with Gasteiger partial charge >= 0.3 is 6.09 Å². The van der Waals surface area contributed by atoms with Gasteiger partial charge in [-0.1, -0.05) is 63.8 Å². The quantitative estimate of drug-likeness (QED) is 0.713. The SMILES string of the molecule is CC.CCCCCCc1ccc(C)cc1Cl.NC(=O)O. The molecule has 116 valence electrons. The molecule has 0 bridgehead atoms. The third kappa shape index (κ3) is 13.2. The summed E-state index contributed by atoms with van der Waals surface area (Å²) in [5, 5.41) is 8.13. The summed E-state index contributed by atoms with van der Waals surface area (Å²) in [5.74, 6) is 0. The highest BCUT2D eigenvalue weighted by molar-refractivity contribution is 6.31. The van der Waals surface area contributed by atoms with E-state index in [1.807, 2.05) is 13.8 Å². The molecule has 1 rings (SSSR count). The Morgan fingerprint density at radius 1 is 1.25 bits per heavy atom. The number of aryl methyl sites for hydroxylation is 2. The minimum Gasteiger partial charge on any atom is -0.465 e. The molecule has 0 aliphatic rings. The monoisotopic (exact) mass is 301 g/mol. The smallest absolute Gasteiger partial charge is 0.402 e. The van der Waals surface area contributed by atoms with E-state index in [-0.39, 0.29) is 0 Å². The van der Waals surface area contributed by atoms with Crippen molar-refractivity contribution in [1.82, 2.24) is 0 Å². The van der Waals surface area contributed by atoms with Gasteiger partial charge in [-0.25, -0.2) is 4.79 Å². The van der Waals surface area contributed by atoms with Gasteiger partial charge in [0.1, 0.15) is 0 Å². The van der Waals surface area contributed by atoms with E-state index in [0.29, 0.717) is 0 Å². The zero-order chi connectivity index (χ0) is 16.0. The van der Waals surface area contributed by atoms with E-state index in [0.717, 1.165) is 11.4 Å². The van der Waals surface area contributed by atoms with Crippen molar-refractivity contribution in [2.45, 2.75) is 59.8 Å². The second kappa shape index (κ2) is 14.2. The summed E-state index contributed by atoms with van der Waals surface area (Å²) in [4.78, 5) is 8.78. The number of unbranched alkanes of at least 4 members (excludes halogenated alkanes) is 3. The van der Waals surface area contributed by atoms with E-state index in [1.54, 1.807) is 0 Å².